The Bertz CT molecular complexity index is 366. The number of hydrogen-bond acceptors (Lipinski definition) is 2. The standard InChI is InChI=1S/C27H54N2/c1-4-7-10-13-15-16-17-19-22-27-28(23-20-12-9-6-3)25-26-29(27)24-21-18-14-11-8-5-2/h25-27H,4-24H2,1-3H3. The Morgan fingerprint density at radius 3 is 1.24 bits per heavy atom. The van der Waals surface area contributed by atoms with E-state index in [1.165, 1.54) is 135 Å². The van der Waals surface area contributed by atoms with E-state index in [9.17, 15) is 0 Å². The Morgan fingerprint density at radius 2 is 0.793 bits per heavy atom. The lowest BCUT2D eigenvalue weighted by atomic mass is 10.1. The highest BCUT2D eigenvalue weighted by atomic mass is 15.4. The fourth-order valence-electron chi connectivity index (χ4n) is 4.60. The van der Waals surface area contributed by atoms with E-state index >= 15 is 0 Å². The number of nitrogens with zero attached hydrogens (tertiary/aromatic N) is 2. The van der Waals surface area contributed by atoms with Gasteiger partial charge in [0.25, 0.3) is 0 Å². The Kier molecular flexibility index (Phi) is 17.6. The minimum Gasteiger partial charge on any atom is -0.356 e. The maximum atomic E-state index is 2.67. The molecule has 0 spiro atoms. The third-order valence-corrected chi connectivity index (χ3v) is 6.57. The van der Waals surface area contributed by atoms with Gasteiger partial charge in [0.05, 0.1) is 0 Å². The van der Waals surface area contributed by atoms with Crippen LogP contribution in [0.4, 0.5) is 0 Å². The van der Waals surface area contributed by atoms with Gasteiger partial charge in [-0.1, -0.05) is 117 Å². The van der Waals surface area contributed by atoms with E-state index in [1.54, 1.807) is 0 Å². The van der Waals surface area contributed by atoms with Gasteiger partial charge in [0, 0.05) is 25.5 Å². The van der Waals surface area contributed by atoms with E-state index in [-0.39, 0.29) is 0 Å². The van der Waals surface area contributed by atoms with Crippen LogP contribution < -0.4 is 0 Å². The van der Waals surface area contributed by atoms with Gasteiger partial charge in [-0.15, -0.1) is 0 Å². The van der Waals surface area contributed by atoms with Crippen LogP contribution in [0, 0.1) is 0 Å². The number of unbranched alkanes of at least 4 members (excludes halogenated alkanes) is 15. The lowest BCUT2D eigenvalue weighted by Gasteiger charge is -2.33. The Morgan fingerprint density at radius 1 is 0.448 bits per heavy atom. The van der Waals surface area contributed by atoms with Gasteiger partial charge < -0.3 is 9.80 Å². The molecule has 0 radical (unpaired) electrons. The zero-order valence-electron chi connectivity index (χ0n) is 20.5. The average Bonchev–Trinajstić information content (AvgIpc) is 3.11. The molecule has 1 aliphatic rings. The van der Waals surface area contributed by atoms with Crippen LogP contribution in [0.2, 0.25) is 0 Å². The van der Waals surface area contributed by atoms with Gasteiger partial charge >= 0.3 is 0 Å². The molecule has 1 aliphatic heterocycles. The minimum atomic E-state index is 0.646. The predicted molar refractivity (Wildman–Crippen MR) is 131 cm³/mol. The highest BCUT2D eigenvalue weighted by Crippen LogP contribution is 2.23. The minimum absolute atomic E-state index is 0.646. The van der Waals surface area contributed by atoms with Gasteiger partial charge in [0.15, 0.2) is 0 Å². The molecule has 0 bridgehead atoms. The predicted octanol–water partition coefficient (Wildman–Crippen LogP) is 8.87. The molecule has 0 aliphatic carbocycles. The summed E-state index contributed by atoms with van der Waals surface area (Å²) in [6, 6.07) is 0. The molecular formula is C27H54N2. The number of rotatable bonds is 21. The van der Waals surface area contributed by atoms with Crippen molar-refractivity contribution in [3.05, 3.63) is 12.4 Å². The summed E-state index contributed by atoms with van der Waals surface area (Å²) in [6.45, 7) is 9.44. The van der Waals surface area contributed by atoms with Crippen molar-refractivity contribution in [1.29, 1.82) is 0 Å². The van der Waals surface area contributed by atoms with Crippen LogP contribution in [0.5, 0.6) is 0 Å². The third-order valence-electron chi connectivity index (χ3n) is 6.57. The lowest BCUT2D eigenvalue weighted by Crippen LogP contribution is -2.39. The van der Waals surface area contributed by atoms with Crippen LogP contribution in [0.1, 0.15) is 143 Å². The topological polar surface area (TPSA) is 6.48 Å². The first-order valence-electron chi connectivity index (χ1n) is 13.5. The molecule has 0 aromatic rings. The summed E-state index contributed by atoms with van der Waals surface area (Å²) in [5.74, 6) is 0. The van der Waals surface area contributed by atoms with Crippen molar-refractivity contribution in [2.75, 3.05) is 13.1 Å². The van der Waals surface area contributed by atoms with Crippen molar-refractivity contribution in [3.8, 4) is 0 Å². The summed E-state index contributed by atoms with van der Waals surface area (Å²) in [5.41, 5.74) is 0. The lowest BCUT2D eigenvalue weighted by molar-refractivity contribution is 0.135. The molecule has 0 saturated heterocycles. The highest BCUT2D eigenvalue weighted by molar-refractivity contribution is 4.96. The smallest absolute Gasteiger partial charge is 0.101 e. The van der Waals surface area contributed by atoms with Crippen molar-refractivity contribution in [2.45, 2.75) is 149 Å². The molecule has 0 N–H and O–H groups in total. The second-order valence-electron chi connectivity index (χ2n) is 9.35. The molecule has 29 heavy (non-hydrogen) atoms. The van der Waals surface area contributed by atoms with Gasteiger partial charge in [0.2, 0.25) is 0 Å². The normalized spacial score (nSPS) is 16.3. The molecule has 2 heteroatoms. The summed E-state index contributed by atoms with van der Waals surface area (Å²) in [4.78, 5) is 5.33. The van der Waals surface area contributed by atoms with E-state index in [0.29, 0.717) is 6.17 Å². The molecule has 0 aromatic heterocycles. The molecule has 1 atom stereocenters. The molecule has 0 saturated carbocycles. The van der Waals surface area contributed by atoms with Crippen molar-refractivity contribution < 1.29 is 0 Å². The van der Waals surface area contributed by atoms with Crippen molar-refractivity contribution in [3.63, 3.8) is 0 Å². The van der Waals surface area contributed by atoms with E-state index in [4.69, 9.17) is 0 Å². The summed E-state index contributed by atoms with van der Waals surface area (Å²) >= 11 is 0. The highest BCUT2D eigenvalue weighted by Gasteiger charge is 2.24. The monoisotopic (exact) mass is 406 g/mol. The maximum absolute atomic E-state index is 2.67. The van der Waals surface area contributed by atoms with Crippen LogP contribution in [0.15, 0.2) is 12.4 Å². The zero-order valence-corrected chi connectivity index (χ0v) is 20.5. The van der Waals surface area contributed by atoms with Crippen molar-refractivity contribution in [1.82, 2.24) is 9.80 Å². The molecule has 1 unspecified atom stereocenters. The molecule has 0 aromatic carbocycles. The second-order valence-corrected chi connectivity index (χ2v) is 9.35. The fraction of sp³-hybridized carbons (Fsp3) is 0.926. The molecule has 1 rings (SSSR count). The van der Waals surface area contributed by atoms with Crippen LogP contribution in [0.25, 0.3) is 0 Å². The number of hydrogen-bond donors (Lipinski definition) is 0. The largest absolute Gasteiger partial charge is 0.356 e. The second kappa shape index (κ2) is 19.3. The first kappa shape index (κ1) is 26.4. The Balaban J connectivity index is 2.28. The average molecular weight is 407 g/mol. The fourth-order valence-corrected chi connectivity index (χ4v) is 4.60. The van der Waals surface area contributed by atoms with Crippen LogP contribution in [-0.2, 0) is 0 Å². The SMILES string of the molecule is CCCCCCCCCCC1N(CCCCCC)C=CN1CCCCCCCC. The van der Waals surface area contributed by atoms with Gasteiger partial charge in [0.1, 0.15) is 6.17 Å². The zero-order chi connectivity index (χ0) is 21.0. The van der Waals surface area contributed by atoms with E-state index in [0.717, 1.165) is 0 Å². The van der Waals surface area contributed by atoms with Gasteiger partial charge in [-0.3, -0.25) is 0 Å². The maximum Gasteiger partial charge on any atom is 0.101 e. The molecule has 0 fully saturated rings. The van der Waals surface area contributed by atoms with Gasteiger partial charge in [-0.05, 0) is 25.7 Å². The van der Waals surface area contributed by atoms with Crippen LogP contribution >= 0.6 is 0 Å². The first-order valence-corrected chi connectivity index (χ1v) is 13.5. The first-order chi connectivity index (χ1) is 14.3. The van der Waals surface area contributed by atoms with E-state index in [1.807, 2.05) is 0 Å². The van der Waals surface area contributed by atoms with Crippen LogP contribution in [0.3, 0.4) is 0 Å². The summed E-state index contributed by atoms with van der Waals surface area (Å²) in [7, 11) is 0. The Hall–Kier alpha value is -0.660. The molecule has 2 nitrogen and oxygen atoms in total. The summed E-state index contributed by atoms with van der Waals surface area (Å²) in [5, 5.41) is 0. The van der Waals surface area contributed by atoms with Crippen LogP contribution in [-0.4, -0.2) is 29.1 Å². The molecule has 0 amide bonds. The van der Waals surface area contributed by atoms with Crippen molar-refractivity contribution in [2.24, 2.45) is 0 Å². The molecular weight excluding hydrogens is 352 g/mol. The molecule has 1 heterocycles. The van der Waals surface area contributed by atoms with E-state index < -0.39 is 0 Å². The molecule has 172 valence electrons. The van der Waals surface area contributed by atoms with E-state index in [2.05, 4.69) is 43.0 Å². The quantitative estimate of drug-likeness (QED) is 0.176. The van der Waals surface area contributed by atoms with Gasteiger partial charge in [-0.25, -0.2) is 0 Å². The Labute approximate surface area is 184 Å². The summed E-state index contributed by atoms with van der Waals surface area (Å²) < 4.78 is 0. The van der Waals surface area contributed by atoms with Gasteiger partial charge in [-0.2, -0.15) is 0 Å². The summed E-state index contributed by atoms with van der Waals surface area (Å²) in [6.07, 6.45) is 32.1. The third kappa shape index (κ3) is 13.3. The van der Waals surface area contributed by atoms with Crippen molar-refractivity contribution >= 4 is 0 Å².